The van der Waals surface area contributed by atoms with Crippen LogP contribution in [0.5, 0.6) is 0 Å². The number of aliphatic carboxylic acids is 1. The first-order valence-electron chi connectivity index (χ1n) is 11.6. The topological polar surface area (TPSA) is 246 Å². The summed E-state index contributed by atoms with van der Waals surface area (Å²) in [6, 6.07) is -0.832. The predicted molar refractivity (Wildman–Crippen MR) is 110 cm³/mol. The summed E-state index contributed by atoms with van der Waals surface area (Å²) in [4.78, 5) is 11.2. The Morgan fingerprint density at radius 3 is 1.67 bits per heavy atom. The Hall–Kier alpha value is -1.09. The van der Waals surface area contributed by atoms with E-state index < -0.39 is 112 Å². The summed E-state index contributed by atoms with van der Waals surface area (Å²) in [5, 5.41) is 81.8. The Labute approximate surface area is 204 Å². The molecule has 0 radical (unpaired) electrons. The number of aliphatic hydroxyl groups excluding tert-OH is 7. The molecule has 9 N–H and O–H groups in total. The fourth-order valence-electron chi connectivity index (χ4n) is 4.69. The molecule has 0 aromatic carbocycles. The standard InChI is InChI=1S/C20H33NO15/c22-3-8-11(25)14(28)18(32-8)35-16-13(27)10(5-24)34-20(16)36-15-12(26)9(4-23)33-19(15)31-6-1-7(17(29)30)21-2-6/h6-16,18-28H,1-5H2,(H,29,30)/t6?,7?,8-,9-,10-,11-,12-,13-,14+,15+,16+,18+,19-,20+/m0/s1. The van der Waals surface area contributed by atoms with Crippen molar-refractivity contribution in [3.63, 3.8) is 0 Å². The quantitative estimate of drug-likeness (QED) is 0.128. The molecule has 14 atom stereocenters. The summed E-state index contributed by atoms with van der Waals surface area (Å²) in [7, 11) is 0. The van der Waals surface area contributed by atoms with Gasteiger partial charge in [0.05, 0.1) is 25.9 Å². The summed E-state index contributed by atoms with van der Waals surface area (Å²) in [5.41, 5.74) is 0. The Kier molecular flexibility index (Phi) is 9.12. The minimum atomic E-state index is -1.57. The monoisotopic (exact) mass is 527 g/mol. The van der Waals surface area contributed by atoms with Crippen molar-refractivity contribution in [1.29, 1.82) is 0 Å². The van der Waals surface area contributed by atoms with Crippen molar-refractivity contribution in [2.45, 2.75) is 92.4 Å². The number of aliphatic hydroxyl groups is 7. The predicted octanol–water partition coefficient (Wildman–Crippen LogP) is -5.82. The molecule has 0 saturated carbocycles. The second-order valence-corrected chi connectivity index (χ2v) is 9.13. The van der Waals surface area contributed by atoms with Crippen molar-refractivity contribution < 1.29 is 74.1 Å². The number of carbonyl (C=O) groups is 1. The van der Waals surface area contributed by atoms with Gasteiger partial charge in [0, 0.05) is 13.0 Å². The maximum atomic E-state index is 11.2. The number of ether oxygens (including phenoxy) is 6. The fourth-order valence-corrected chi connectivity index (χ4v) is 4.69. The van der Waals surface area contributed by atoms with Crippen LogP contribution in [0, 0.1) is 0 Å². The van der Waals surface area contributed by atoms with E-state index in [1.807, 2.05) is 0 Å². The van der Waals surface area contributed by atoms with Crippen LogP contribution >= 0.6 is 0 Å². The molecule has 0 amide bonds. The van der Waals surface area contributed by atoms with E-state index in [1.165, 1.54) is 0 Å². The molecular formula is C20H33NO15. The summed E-state index contributed by atoms with van der Waals surface area (Å²) >= 11 is 0. The first-order chi connectivity index (χ1) is 17.2. The molecule has 4 aliphatic heterocycles. The largest absolute Gasteiger partial charge is 0.480 e. The molecule has 4 rings (SSSR count). The maximum Gasteiger partial charge on any atom is 0.320 e. The van der Waals surface area contributed by atoms with Crippen molar-refractivity contribution >= 4 is 5.97 Å². The van der Waals surface area contributed by atoms with Crippen LogP contribution < -0.4 is 5.32 Å². The number of carboxylic acids is 1. The maximum absolute atomic E-state index is 11.2. The number of carboxylic acid groups (broad SMARTS) is 1. The number of rotatable bonds is 10. The first kappa shape index (κ1) is 27.9. The second kappa shape index (κ2) is 11.7. The number of nitrogens with one attached hydrogen (secondary N) is 1. The van der Waals surface area contributed by atoms with Crippen LogP contribution in [0.15, 0.2) is 0 Å². The Morgan fingerprint density at radius 1 is 0.722 bits per heavy atom. The van der Waals surface area contributed by atoms with Gasteiger partial charge in [-0.05, 0) is 0 Å². The average Bonchev–Trinajstić information content (AvgIpc) is 3.59. The molecule has 16 heteroatoms. The molecular weight excluding hydrogens is 494 g/mol. The van der Waals surface area contributed by atoms with Gasteiger partial charge in [-0.3, -0.25) is 4.79 Å². The molecule has 16 nitrogen and oxygen atoms in total. The van der Waals surface area contributed by atoms with E-state index in [9.17, 15) is 40.5 Å². The zero-order valence-electron chi connectivity index (χ0n) is 19.1. The molecule has 208 valence electrons. The van der Waals surface area contributed by atoms with Crippen LogP contribution in [-0.2, 0) is 33.2 Å². The fraction of sp³-hybridized carbons (Fsp3) is 0.950. The molecule has 2 unspecified atom stereocenters. The van der Waals surface area contributed by atoms with Gasteiger partial charge in [-0.25, -0.2) is 0 Å². The van der Waals surface area contributed by atoms with Crippen molar-refractivity contribution in [3.8, 4) is 0 Å². The first-order valence-corrected chi connectivity index (χ1v) is 11.6. The summed E-state index contributed by atoms with van der Waals surface area (Å²) in [6.07, 6.45) is -16.8. The highest BCUT2D eigenvalue weighted by atomic mass is 16.8. The molecule has 4 heterocycles. The molecule has 0 bridgehead atoms. The van der Waals surface area contributed by atoms with E-state index in [0.717, 1.165) is 0 Å². The lowest BCUT2D eigenvalue weighted by atomic mass is 10.1. The van der Waals surface area contributed by atoms with Crippen molar-refractivity contribution in [2.75, 3.05) is 26.4 Å². The van der Waals surface area contributed by atoms with E-state index in [-0.39, 0.29) is 13.0 Å². The lowest BCUT2D eigenvalue weighted by molar-refractivity contribution is -0.280. The van der Waals surface area contributed by atoms with Crippen molar-refractivity contribution in [3.05, 3.63) is 0 Å². The number of hydrogen-bond donors (Lipinski definition) is 9. The number of hydrogen-bond acceptors (Lipinski definition) is 15. The van der Waals surface area contributed by atoms with Gasteiger partial charge in [0.2, 0.25) is 0 Å². The molecule has 0 aromatic rings. The molecule has 0 aliphatic carbocycles. The summed E-state index contributed by atoms with van der Waals surface area (Å²) in [5.74, 6) is -1.05. The van der Waals surface area contributed by atoms with Gasteiger partial charge >= 0.3 is 5.97 Å². The molecule has 4 saturated heterocycles. The van der Waals surface area contributed by atoms with Gasteiger partial charge in [0.15, 0.2) is 18.9 Å². The zero-order chi connectivity index (χ0) is 26.1. The molecule has 4 aliphatic rings. The molecule has 4 fully saturated rings. The molecule has 0 spiro atoms. The van der Waals surface area contributed by atoms with Gasteiger partial charge in [0.1, 0.15) is 61.0 Å². The van der Waals surface area contributed by atoms with Gasteiger partial charge < -0.3 is 74.6 Å². The molecule has 36 heavy (non-hydrogen) atoms. The third-order valence-electron chi connectivity index (χ3n) is 6.75. The van der Waals surface area contributed by atoms with Crippen LogP contribution in [0.3, 0.4) is 0 Å². The van der Waals surface area contributed by atoms with Gasteiger partial charge in [-0.1, -0.05) is 0 Å². The Balaban J connectivity index is 1.46. The van der Waals surface area contributed by atoms with Crippen LogP contribution in [-0.4, -0.2) is 159 Å². The lowest BCUT2D eigenvalue weighted by Gasteiger charge is -2.30. The van der Waals surface area contributed by atoms with Gasteiger partial charge in [-0.15, -0.1) is 0 Å². The van der Waals surface area contributed by atoms with Crippen LogP contribution in [0.1, 0.15) is 6.42 Å². The van der Waals surface area contributed by atoms with Gasteiger partial charge in [-0.2, -0.15) is 0 Å². The van der Waals surface area contributed by atoms with Crippen molar-refractivity contribution in [2.24, 2.45) is 0 Å². The normalized spacial score (nSPS) is 49.2. The summed E-state index contributed by atoms with van der Waals surface area (Å²) < 4.78 is 33.6. The van der Waals surface area contributed by atoms with E-state index in [2.05, 4.69) is 5.32 Å². The van der Waals surface area contributed by atoms with Crippen LogP contribution in [0.25, 0.3) is 0 Å². The highest BCUT2D eigenvalue weighted by Gasteiger charge is 2.54. The van der Waals surface area contributed by atoms with E-state index in [0.29, 0.717) is 0 Å². The van der Waals surface area contributed by atoms with Crippen molar-refractivity contribution in [1.82, 2.24) is 5.32 Å². The highest BCUT2D eigenvalue weighted by molar-refractivity contribution is 5.73. The van der Waals surface area contributed by atoms with E-state index in [4.69, 9.17) is 33.5 Å². The Bertz CT molecular complexity index is 746. The zero-order valence-corrected chi connectivity index (χ0v) is 19.1. The third-order valence-corrected chi connectivity index (χ3v) is 6.75. The Morgan fingerprint density at radius 2 is 1.19 bits per heavy atom. The molecule has 0 aromatic heterocycles. The minimum Gasteiger partial charge on any atom is -0.480 e. The highest BCUT2D eigenvalue weighted by Crippen LogP contribution is 2.34. The van der Waals surface area contributed by atoms with Gasteiger partial charge in [0.25, 0.3) is 0 Å². The second-order valence-electron chi connectivity index (χ2n) is 9.13. The van der Waals surface area contributed by atoms with Crippen LogP contribution in [0.2, 0.25) is 0 Å². The minimum absolute atomic E-state index is 0.115. The lowest BCUT2D eigenvalue weighted by Crippen LogP contribution is -2.47. The van der Waals surface area contributed by atoms with Crippen LogP contribution in [0.4, 0.5) is 0 Å². The smallest absolute Gasteiger partial charge is 0.320 e. The SMILES string of the molecule is O=C(O)C1CC(O[C@H]2O[C@@H](CO)[C@H](O)[C@H]2O[C@H]2O[C@@H](CO)[C@H](O)[C@H]2O[C@H]2O[C@@H](CO)[C@H](O)[C@H]2O)CN1. The third kappa shape index (κ3) is 5.52. The average molecular weight is 527 g/mol. The van der Waals surface area contributed by atoms with E-state index in [1.54, 1.807) is 0 Å². The summed E-state index contributed by atoms with van der Waals surface area (Å²) in [6.45, 7) is -1.64. The van der Waals surface area contributed by atoms with E-state index >= 15 is 0 Å².